The molecule has 1 atom stereocenters. The Kier molecular flexibility index (Phi) is 6.33. The molecule has 0 unspecified atom stereocenters. The molecule has 0 bridgehead atoms. The van der Waals surface area contributed by atoms with Gasteiger partial charge in [-0.1, -0.05) is 12.1 Å². The van der Waals surface area contributed by atoms with E-state index in [0.717, 1.165) is 21.7 Å². The molecule has 2 aliphatic rings. The van der Waals surface area contributed by atoms with E-state index in [1.54, 1.807) is 12.1 Å². The Hall–Kier alpha value is -2.36. The van der Waals surface area contributed by atoms with Crippen LogP contribution in [0.1, 0.15) is 30.9 Å². The van der Waals surface area contributed by atoms with Crippen LogP contribution in [0.5, 0.6) is 0 Å². The lowest BCUT2D eigenvalue weighted by molar-refractivity contribution is -0.121. The number of thioether (sulfide) groups is 1. The highest BCUT2D eigenvalue weighted by molar-refractivity contribution is 8.01. The summed E-state index contributed by atoms with van der Waals surface area (Å²) in [4.78, 5) is 25.7. The lowest BCUT2D eigenvalue weighted by Crippen LogP contribution is -2.41. The predicted molar refractivity (Wildman–Crippen MR) is 126 cm³/mol. The molecule has 4 rings (SSSR count). The average Bonchev–Trinajstić information content (AvgIpc) is 2.77. The molecule has 2 aliphatic heterocycles. The van der Waals surface area contributed by atoms with Crippen molar-refractivity contribution in [1.82, 2.24) is 4.31 Å². The van der Waals surface area contributed by atoms with Gasteiger partial charge < -0.3 is 10.6 Å². The Balaban J connectivity index is 1.42. The number of hydrogen-bond donors (Lipinski definition) is 2. The van der Waals surface area contributed by atoms with Crippen molar-refractivity contribution in [3.05, 3.63) is 47.5 Å². The first-order valence-electron chi connectivity index (χ1n) is 10.7. The van der Waals surface area contributed by atoms with E-state index in [1.165, 1.54) is 22.1 Å². The minimum Gasteiger partial charge on any atom is -0.326 e. The molecule has 2 aromatic rings. The van der Waals surface area contributed by atoms with Crippen LogP contribution < -0.4 is 10.6 Å². The lowest BCUT2D eigenvalue weighted by atomic mass is 9.97. The van der Waals surface area contributed by atoms with Gasteiger partial charge in [0.15, 0.2) is 0 Å². The number of amides is 2. The van der Waals surface area contributed by atoms with E-state index in [-0.39, 0.29) is 41.0 Å². The molecule has 170 valence electrons. The SMILES string of the molecule is Cc1cccc(NC(=O)C2CCN(S(=O)(=O)c3ccc4c(c3)NC(=O)[C@@H](C)S4)CC2)c1C. The van der Waals surface area contributed by atoms with Gasteiger partial charge >= 0.3 is 0 Å². The Morgan fingerprint density at radius 1 is 1.16 bits per heavy atom. The highest BCUT2D eigenvalue weighted by Crippen LogP contribution is 2.37. The number of nitrogens with one attached hydrogen (secondary N) is 2. The standard InChI is InChI=1S/C23H27N3O4S2/c1-14-5-4-6-19(15(14)2)24-23(28)17-9-11-26(12-10-17)32(29,30)18-7-8-21-20(13-18)25-22(27)16(3)31-21/h4-8,13,16-17H,9-12H2,1-3H3,(H,24,28)(H,25,27)/t16-/m1/s1. The second kappa shape index (κ2) is 8.88. The highest BCUT2D eigenvalue weighted by Gasteiger charge is 2.33. The summed E-state index contributed by atoms with van der Waals surface area (Å²) >= 11 is 1.42. The number of hydrogen-bond acceptors (Lipinski definition) is 5. The summed E-state index contributed by atoms with van der Waals surface area (Å²) in [5.41, 5.74) is 3.47. The summed E-state index contributed by atoms with van der Waals surface area (Å²) in [6.07, 6.45) is 0.927. The third kappa shape index (κ3) is 4.42. The minimum absolute atomic E-state index is 0.0709. The third-order valence-corrected chi connectivity index (χ3v) is 9.28. The number of anilines is 2. The number of aryl methyl sites for hydroxylation is 1. The zero-order chi connectivity index (χ0) is 23.0. The summed E-state index contributed by atoms with van der Waals surface area (Å²) in [6, 6.07) is 10.7. The number of rotatable bonds is 4. The molecule has 9 heteroatoms. The molecule has 0 radical (unpaired) electrons. The molecule has 0 spiro atoms. The normalized spacial score (nSPS) is 19.8. The Labute approximate surface area is 193 Å². The summed E-state index contributed by atoms with van der Waals surface area (Å²) in [6.45, 7) is 6.35. The van der Waals surface area contributed by atoms with E-state index in [0.29, 0.717) is 18.5 Å². The van der Waals surface area contributed by atoms with E-state index < -0.39 is 10.0 Å². The van der Waals surface area contributed by atoms with Crippen LogP contribution >= 0.6 is 11.8 Å². The minimum atomic E-state index is -3.71. The van der Waals surface area contributed by atoms with Crippen molar-refractivity contribution in [1.29, 1.82) is 0 Å². The van der Waals surface area contributed by atoms with Crippen molar-refractivity contribution < 1.29 is 18.0 Å². The fourth-order valence-electron chi connectivity index (χ4n) is 3.98. The molecule has 0 aromatic heterocycles. The quantitative estimate of drug-likeness (QED) is 0.705. The van der Waals surface area contributed by atoms with Crippen molar-refractivity contribution >= 4 is 45.0 Å². The molecule has 1 saturated heterocycles. The second-order valence-electron chi connectivity index (χ2n) is 8.32. The van der Waals surface area contributed by atoms with Gasteiger partial charge in [-0.15, -0.1) is 11.8 Å². The van der Waals surface area contributed by atoms with Crippen LogP contribution in [-0.4, -0.2) is 42.9 Å². The van der Waals surface area contributed by atoms with Crippen LogP contribution in [0, 0.1) is 19.8 Å². The first kappa shape index (κ1) is 22.8. The van der Waals surface area contributed by atoms with E-state index in [1.807, 2.05) is 39.0 Å². The summed E-state index contributed by atoms with van der Waals surface area (Å²) in [5.74, 6) is -0.437. The van der Waals surface area contributed by atoms with E-state index >= 15 is 0 Å². The van der Waals surface area contributed by atoms with Gasteiger partial charge in [0.25, 0.3) is 0 Å². The molecule has 1 fully saturated rings. The van der Waals surface area contributed by atoms with Gasteiger partial charge in [0.05, 0.1) is 15.8 Å². The fourth-order valence-corrected chi connectivity index (χ4v) is 6.40. The molecule has 2 aromatic carbocycles. The van der Waals surface area contributed by atoms with Gasteiger partial charge in [-0.25, -0.2) is 8.42 Å². The summed E-state index contributed by atoms with van der Waals surface area (Å²) < 4.78 is 27.8. The van der Waals surface area contributed by atoms with Gasteiger partial charge in [-0.3, -0.25) is 9.59 Å². The number of fused-ring (bicyclic) bond motifs is 1. The van der Waals surface area contributed by atoms with Crippen molar-refractivity contribution in [2.45, 2.75) is 48.7 Å². The number of carbonyl (C=O) groups is 2. The number of piperidine rings is 1. The number of carbonyl (C=O) groups excluding carboxylic acids is 2. The zero-order valence-electron chi connectivity index (χ0n) is 18.3. The lowest BCUT2D eigenvalue weighted by Gasteiger charge is -2.31. The van der Waals surface area contributed by atoms with E-state index in [2.05, 4.69) is 10.6 Å². The number of sulfonamides is 1. The molecule has 0 aliphatic carbocycles. The summed E-state index contributed by atoms with van der Waals surface area (Å²) in [5, 5.41) is 5.57. The van der Waals surface area contributed by atoms with Gasteiger partial charge in [0.2, 0.25) is 21.8 Å². The van der Waals surface area contributed by atoms with Crippen molar-refractivity contribution in [2.75, 3.05) is 23.7 Å². The second-order valence-corrected chi connectivity index (χ2v) is 11.6. The maximum absolute atomic E-state index is 13.2. The Morgan fingerprint density at radius 2 is 1.88 bits per heavy atom. The first-order valence-corrected chi connectivity index (χ1v) is 13.0. The zero-order valence-corrected chi connectivity index (χ0v) is 20.0. The van der Waals surface area contributed by atoms with Crippen LogP contribution in [0.2, 0.25) is 0 Å². The van der Waals surface area contributed by atoms with Crippen molar-refractivity contribution in [3.8, 4) is 0 Å². The van der Waals surface area contributed by atoms with Crippen LogP contribution in [0.4, 0.5) is 11.4 Å². The van der Waals surface area contributed by atoms with Gasteiger partial charge in [0, 0.05) is 29.6 Å². The molecule has 2 N–H and O–H groups in total. The Bertz CT molecular complexity index is 1170. The van der Waals surface area contributed by atoms with Crippen LogP contribution in [0.25, 0.3) is 0 Å². The summed E-state index contributed by atoms with van der Waals surface area (Å²) in [7, 11) is -3.71. The Morgan fingerprint density at radius 3 is 2.59 bits per heavy atom. The van der Waals surface area contributed by atoms with E-state index in [9.17, 15) is 18.0 Å². The largest absolute Gasteiger partial charge is 0.326 e. The first-order chi connectivity index (χ1) is 15.2. The average molecular weight is 474 g/mol. The van der Waals surface area contributed by atoms with Gasteiger partial charge in [-0.05, 0) is 69.0 Å². The predicted octanol–water partition coefficient (Wildman–Crippen LogP) is 3.78. The van der Waals surface area contributed by atoms with Crippen LogP contribution in [0.3, 0.4) is 0 Å². The van der Waals surface area contributed by atoms with E-state index in [4.69, 9.17) is 0 Å². The van der Waals surface area contributed by atoms with Crippen LogP contribution in [-0.2, 0) is 19.6 Å². The topological polar surface area (TPSA) is 95.6 Å². The van der Waals surface area contributed by atoms with Crippen molar-refractivity contribution in [3.63, 3.8) is 0 Å². The fraction of sp³-hybridized carbons (Fsp3) is 0.391. The monoisotopic (exact) mass is 473 g/mol. The molecule has 32 heavy (non-hydrogen) atoms. The number of nitrogens with zero attached hydrogens (tertiary/aromatic N) is 1. The van der Waals surface area contributed by atoms with Gasteiger partial charge in [-0.2, -0.15) is 4.31 Å². The molecular formula is C23H27N3O4S2. The molecule has 2 heterocycles. The maximum atomic E-state index is 13.2. The maximum Gasteiger partial charge on any atom is 0.243 e. The highest BCUT2D eigenvalue weighted by atomic mass is 32.2. The number of benzene rings is 2. The molecule has 0 saturated carbocycles. The molecular weight excluding hydrogens is 446 g/mol. The molecule has 7 nitrogen and oxygen atoms in total. The molecule has 2 amide bonds. The van der Waals surface area contributed by atoms with Gasteiger partial charge in [0.1, 0.15) is 0 Å². The van der Waals surface area contributed by atoms with Crippen LogP contribution in [0.15, 0.2) is 46.2 Å². The van der Waals surface area contributed by atoms with Crippen molar-refractivity contribution in [2.24, 2.45) is 5.92 Å². The third-order valence-electron chi connectivity index (χ3n) is 6.21. The smallest absolute Gasteiger partial charge is 0.243 e.